The third kappa shape index (κ3) is 18.9. The van der Waals surface area contributed by atoms with Gasteiger partial charge in [0.2, 0.25) is 0 Å². The Kier molecular flexibility index (Phi) is 24.5. The van der Waals surface area contributed by atoms with Gasteiger partial charge in [-0.15, -0.1) is 0 Å². The van der Waals surface area contributed by atoms with Crippen molar-refractivity contribution in [3.63, 3.8) is 0 Å². The van der Waals surface area contributed by atoms with E-state index < -0.39 is 0 Å². The maximum atomic E-state index is 2.42. The van der Waals surface area contributed by atoms with Crippen LogP contribution in [0, 0.1) is 0 Å². The number of fused-ring (bicyclic) bond motifs is 2. The largest absolute Gasteiger partial charge is 0.310 e. The molecule has 0 fully saturated rings. The number of nitrogens with zero attached hydrogens (tertiary/aromatic N) is 3. The molecule has 0 heterocycles. The predicted molar refractivity (Wildman–Crippen MR) is 558 cm³/mol. The Morgan fingerprint density at radius 3 is 0.511 bits per heavy atom. The molecule has 0 N–H and O–H groups in total. The smallest absolute Gasteiger partial charge is 0.0473 e. The maximum absolute atomic E-state index is 2.42. The van der Waals surface area contributed by atoms with E-state index in [2.05, 4.69) is 579 Å². The third-order valence-corrected chi connectivity index (χ3v) is 24.3. The second-order valence-electron chi connectivity index (χ2n) is 32.7. The Morgan fingerprint density at radius 1 is 0.0916 bits per heavy atom. The van der Waals surface area contributed by atoms with Crippen molar-refractivity contribution in [1.29, 1.82) is 0 Å². The lowest BCUT2D eigenvalue weighted by Gasteiger charge is -2.28. The van der Waals surface area contributed by atoms with Gasteiger partial charge in [0.25, 0.3) is 0 Å². The summed E-state index contributed by atoms with van der Waals surface area (Å²) in [7, 11) is 0. The lowest BCUT2D eigenvalue weighted by atomic mass is 9.95. The van der Waals surface area contributed by atoms with Gasteiger partial charge in [0.1, 0.15) is 0 Å². The molecule has 3 nitrogen and oxygen atoms in total. The molecule has 22 aromatic rings. The van der Waals surface area contributed by atoms with Crippen molar-refractivity contribution in [3.8, 4) is 122 Å². The molecule has 0 aliphatic heterocycles. The van der Waals surface area contributed by atoms with E-state index in [0.29, 0.717) is 0 Å². The minimum Gasteiger partial charge on any atom is -0.310 e. The van der Waals surface area contributed by atoms with Gasteiger partial charge in [0.15, 0.2) is 0 Å². The van der Waals surface area contributed by atoms with Crippen LogP contribution in [0.1, 0.15) is 0 Å². The second kappa shape index (κ2) is 39.1. The highest BCUT2D eigenvalue weighted by Crippen LogP contribution is 2.47. The highest BCUT2D eigenvalue weighted by Gasteiger charge is 2.22. The minimum absolute atomic E-state index is 1.09. The van der Waals surface area contributed by atoms with Crippen LogP contribution < -0.4 is 14.7 Å². The molecular weight excluding hydrogens is 1580 g/mol. The van der Waals surface area contributed by atoms with Gasteiger partial charge >= 0.3 is 0 Å². The van der Waals surface area contributed by atoms with Crippen LogP contribution in [-0.2, 0) is 0 Å². The van der Waals surface area contributed by atoms with Crippen molar-refractivity contribution < 1.29 is 0 Å². The van der Waals surface area contributed by atoms with Gasteiger partial charge in [-0.1, -0.05) is 443 Å². The number of anilines is 9. The average molecular weight is 1670 g/mol. The monoisotopic (exact) mass is 1670 g/mol. The normalized spacial score (nSPS) is 10.9. The Labute approximate surface area is 768 Å². The highest BCUT2D eigenvalue weighted by atomic mass is 15.2. The van der Waals surface area contributed by atoms with Gasteiger partial charge in [-0.25, -0.2) is 0 Å². The number of rotatable bonds is 20. The Morgan fingerprint density at radius 2 is 0.267 bits per heavy atom. The Balaban J connectivity index is 0.000000125. The molecule has 620 valence electrons. The summed E-state index contributed by atoms with van der Waals surface area (Å²) < 4.78 is 0. The molecule has 0 bridgehead atoms. The zero-order chi connectivity index (χ0) is 87.7. The van der Waals surface area contributed by atoms with Crippen molar-refractivity contribution in [2.75, 3.05) is 14.7 Å². The molecule has 22 aromatic carbocycles. The topological polar surface area (TPSA) is 9.72 Å². The quantitative estimate of drug-likeness (QED) is 0.0753. The lowest BCUT2D eigenvalue weighted by Crippen LogP contribution is -2.11. The molecule has 0 unspecified atom stereocenters. The van der Waals surface area contributed by atoms with Gasteiger partial charge < -0.3 is 14.7 Å². The molecule has 22 rings (SSSR count). The van der Waals surface area contributed by atoms with Crippen molar-refractivity contribution in [2.24, 2.45) is 0 Å². The van der Waals surface area contributed by atoms with Crippen LogP contribution in [-0.4, -0.2) is 0 Å². The number of hydrogen-bond donors (Lipinski definition) is 0. The van der Waals surface area contributed by atoms with Crippen molar-refractivity contribution in [1.82, 2.24) is 0 Å². The Bertz CT molecular complexity index is 7050. The van der Waals surface area contributed by atoms with Gasteiger partial charge in [0.05, 0.1) is 0 Å². The summed E-state index contributed by atoms with van der Waals surface area (Å²) in [5, 5.41) is 5.02. The fourth-order valence-corrected chi connectivity index (χ4v) is 17.8. The van der Waals surface area contributed by atoms with Crippen LogP contribution in [0.3, 0.4) is 0 Å². The Hall–Kier alpha value is -17.2. The lowest BCUT2D eigenvalue weighted by molar-refractivity contribution is 1.28. The molecular formula is C128H93N3. The van der Waals surface area contributed by atoms with Crippen LogP contribution in [0.2, 0.25) is 0 Å². The zero-order valence-electron chi connectivity index (χ0n) is 72.5. The van der Waals surface area contributed by atoms with E-state index in [-0.39, 0.29) is 0 Å². The van der Waals surface area contributed by atoms with Crippen LogP contribution in [0.25, 0.3) is 144 Å². The van der Waals surface area contributed by atoms with Crippen molar-refractivity contribution in [3.05, 3.63) is 564 Å². The predicted octanol–water partition coefficient (Wildman–Crippen LogP) is 36.1. The summed E-state index contributed by atoms with van der Waals surface area (Å²) >= 11 is 0. The maximum Gasteiger partial charge on any atom is 0.0473 e. The standard InChI is InChI=1S/C52H37N.C40H29N.C36H27N/c1-5-16-38(17-6-1)44-32-45(39-18-7-2-8-19-39)35-49(34-44)53(48-30-28-43(29-31-48)52-27-15-25-42-24-13-14-26-51(42)52)50-36-46(40-20-9-3-10-21-40)33-47(37-50)41-22-11-4-12-23-41;1-3-12-30(13-4-1)34-18-9-20-37(28-34)41(38-21-10-19-35(29-38)31-14-5-2-6-15-31)36-26-24-33(25-27-36)40-23-11-17-32-16-7-8-22-39(32)40;1-4-13-28(14-5-1)31-19-10-22-34(25-31)37(35-23-11-20-32(26-35)29-15-6-2-7-16-29)36-24-12-21-33(27-36)30-17-8-3-9-18-30/h1-37H;1-29H;1-27H. The SMILES string of the molecule is c1ccc(-c2cc(-c3ccccc3)cc(N(c3ccc(-c4cccc5ccccc45)cc3)c3cc(-c4ccccc4)cc(-c4ccccc4)c3)c2)cc1.c1ccc(-c2cccc(N(c3ccc(-c4cccc5ccccc45)cc3)c3cccc(-c4ccccc4)c3)c2)cc1.c1ccc(-c2cccc(N(c3cccc(-c4ccccc4)c3)c3cccc(-c4ccccc4)c3)c2)cc1. The molecule has 3 heteroatoms. The second-order valence-corrected chi connectivity index (χ2v) is 32.7. The first kappa shape index (κ1) is 82.1. The summed E-state index contributed by atoms with van der Waals surface area (Å²) in [6.45, 7) is 0. The average Bonchev–Trinajstić information content (AvgIpc) is 0.773. The summed E-state index contributed by atoms with van der Waals surface area (Å²) in [5.41, 5.74) is 36.3. The third-order valence-electron chi connectivity index (χ3n) is 24.3. The van der Waals surface area contributed by atoms with Crippen LogP contribution in [0.15, 0.2) is 564 Å². The van der Waals surface area contributed by atoms with Crippen LogP contribution in [0.5, 0.6) is 0 Å². The summed E-state index contributed by atoms with van der Waals surface area (Å²) in [6, 6.07) is 202. The molecule has 131 heavy (non-hydrogen) atoms. The fraction of sp³-hybridized carbons (Fsp3) is 0. The van der Waals surface area contributed by atoms with Crippen LogP contribution in [0.4, 0.5) is 51.2 Å². The first-order valence-electron chi connectivity index (χ1n) is 44.8. The van der Waals surface area contributed by atoms with E-state index in [4.69, 9.17) is 0 Å². The molecule has 0 amide bonds. The summed E-state index contributed by atoms with van der Waals surface area (Å²) in [6.07, 6.45) is 0. The van der Waals surface area contributed by atoms with E-state index in [9.17, 15) is 0 Å². The van der Waals surface area contributed by atoms with E-state index in [1.165, 1.54) is 144 Å². The van der Waals surface area contributed by atoms with Crippen molar-refractivity contribution in [2.45, 2.75) is 0 Å². The van der Waals surface area contributed by atoms with Crippen molar-refractivity contribution >= 4 is 72.7 Å². The molecule has 0 aliphatic carbocycles. The first-order chi connectivity index (χ1) is 64.9. The van der Waals surface area contributed by atoms with Gasteiger partial charge in [-0.05, 0) is 265 Å². The van der Waals surface area contributed by atoms with Gasteiger partial charge in [-0.2, -0.15) is 0 Å². The zero-order valence-corrected chi connectivity index (χ0v) is 72.5. The molecule has 0 saturated heterocycles. The number of benzene rings is 22. The van der Waals surface area contributed by atoms with E-state index in [1.54, 1.807) is 0 Å². The van der Waals surface area contributed by atoms with Gasteiger partial charge in [-0.3, -0.25) is 0 Å². The molecule has 0 atom stereocenters. The molecule has 0 saturated carbocycles. The molecule has 0 radical (unpaired) electrons. The summed E-state index contributed by atoms with van der Waals surface area (Å²) in [4.78, 5) is 7.13. The summed E-state index contributed by atoms with van der Waals surface area (Å²) in [5.74, 6) is 0. The number of hydrogen-bond acceptors (Lipinski definition) is 3. The highest BCUT2D eigenvalue weighted by molar-refractivity contribution is 6.00. The minimum atomic E-state index is 1.09. The van der Waals surface area contributed by atoms with Gasteiger partial charge in [0, 0.05) is 51.2 Å². The van der Waals surface area contributed by atoms with E-state index >= 15 is 0 Å². The van der Waals surface area contributed by atoms with Crippen LogP contribution >= 0.6 is 0 Å². The molecule has 0 aliphatic rings. The first-order valence-corrected chi connectivity index (χ1v) is 44.8. The molecule has 0 aromatic heterocycles. The molecule has 0 spiro atoms. The van der Waals surface area contributed by atoms with E-state index in [1.807, 2.05) is 0 Å². The van der Waals surface area contributed by atoms with E-state index in [0.717, 1.165) is 51.2 Å². The fourth-order valence-electron chi connectivity index (χ4n) is 17.8.